The zero-order valence-electron chi connectivity index (χ0n) is 12.3. The smallest absolute Gasteiger partial charge is 0.239 e. The Labute approximate surface area is 136 Å². The number of rotatable bonds is 7. The van der Waals surface area contributed by atoms with Crippen molar-refractivity contribution in [1.82, 2.24) is 15.4 Å². The van der Waals surface area contributed by atoms with Crippen molar-refractivity contribution < 1.29 is 9.32 Å². The van der Waals surface area contributed by atoms with E-state index in [2.05, 4.69) is 26.0 Å². The van der Waals surface area contributed by atoms with Crippen molar-refractivity contribution in [1.29, 1.82) is 0 Å². The predicted octanol–water partition coefficient (Wildman–Crippen LogP) is 2.92. The van der Waals surface area contributed by atoms with Gasteiger partial charge in [-0.2, -0.15) is 0 Å². The minimum atomic E-state index is -0.237. The van der Waals surface area contributed by atoms with Gasteiger partial charge in [-0.1, -0.05) is 35.2 Å². The molecule has 2 heterocycles. The lowest BCUT2D eigenvalue weighted by Crippen LogP contribution is -2.24. The Morgan fingerprint density at radius 3 is 3.00 bits per heavy atom. The average molecular weight is 339 g/mol. The van der Waals surface area contributed by atoms with Crippen LogP contribution in [0.15, 0.2) is 14.9 Å². The standard InChI is InChI=1S/C13H17N5O2S2/c1-3-9(11(19)15-10-6-7(2)20-18-10)21-13-17-16-12(22-13)14-8-4-5-8/h6,8-9H,3-5H2,1-2H3,(H,14,16)(H,15,18,19)/t9-/m1/s1. The molecule has 118 valence electrons. The number of amides is 1. The maximum Gasteiger partial charge on any atom is 0.239 e. The van der Waals surface area contributed by atoms with Gasteiger partial charge in [0.1, 0.15) is 5.76 Å². The summed E-state index contributed by atoms with van der Waals surface area (Å²) in [6.45, 7) is 3.75. The van der Waals surface area contributed by atoms with E-state index in [4.69, 9.17) is 4.52 Å². The molecule has 2 N–H and O–H groups in total. The van der Waals surface area contributed by atoms with Gasteiger partial charge in [-0.3, -0.25) is 4.79 Å². The third kappa shape index (κ3) is 3.98. The molecule has 9 heteroatoms. The Balaban J connectivity index is 1.58. The zero-order valence-corrected chi connectivity index (χ0v) is 14.0. The van der Waals surface area contributed by atoms with E-state index in [1.807, 2.05) is 6.92 Å². The van der Waals surface area contributed by atoms with Gasteiger partial charge in [0, 0.05) is 12.1 Å². The maximum atomic E-state index is 12.3. The molecule has 1 atom stereocenters. The van der Waals surface area contributed by atoms with Crippen molar-refractivity contribution in [2.75, 3.05) is 10.6 Å². The number of carbonyl (C=O) groups is 1. The van der Waals surface area contributed by atoms with Gasteiger partial charge in [0.15, 0.2) is 10.2 Å². The minimum Gasteiger partial charge on any atom is -0.360 e. The van der Waals surface area contributed by atoms with Crippen LogP contribution in [0.1, 0.15) is 31.9 Å². The second-order valence-electron chi connectivity index (χ2n) is 5.12. The van der Waals surface area contributed by atoms with Crippen LogP contribution in [0.2, 0.25) is 0 Å². The van der Waals surface area contributed by atoms with Gasteiger partial charge in [-0.15, -0.1) is 10.2 Å². The number of aryl methyl sites for hydroxylation is 1. The number of nitrogens with one attached hydrogen (secondary N) is 2. The molecule has 0 bridgehead atoms. The van der Waals surface area contributed by atoms with Gasteiger partial charge in [0.2, 0.25) is 11.0 Å². The molecule has 1 aliphatic rings. The summed E-state index contributed by atoms with van der Waals surface area (Å²) in [7, 11) is 0. The number of nitrogens with zero attached hydrogens (tertiary/aromatic N) is 3. The largest absolute Gasteiger partial charge is 0.360 e. The molecule has 2 aromatic rings. The van der Waals surface area contributed by atoms with Crippen LogP contribution >= 0.6 is 23.1 Å². The maximum absolute atomic E-state index is 12.3. The summed E-state index contributed by atoms with van der Waals surface area (Å²) in [5.74, 6) is 0.999. The number of carbonyl (C=O) groups excluding carboxylic acids is 1. The van der Waals surface area contributed by atoms with E-state index in [1.54, 1.807) is 13.0 Å². The summed E-state index contributed by atoms with van der Waals surface area (Å²) >= 11 is 2.91. The van der Waals surface area contributed by atoms with Crippen LogP contribution in [0, 0.1) is 6.92 Å². The van der Waals surface area contributed by atoms with Crippen LogP contribution in [0.4, 0.5) is 10.9 Å². The molecule has 1 aliphatic carbocycles. The fourth-order valence-electron chi connectivity index (χ4n) is 1.79. The molecule has 22 heavy (non-hydrogen) atoms. The lowest BCUT2D eigenvalue weighted by atomic mass is 10.3. The summed E-state index contributed by atoms with van der Waals surface area (Å²) in [5, 5.41) is 18.7. The zero-order chi connectivity index (χ0) is 15.5. The van der Waals surface area contributed by atoms with Crippen molar-refractivity contribution in [2.24, 2.45) is 0 Å². The fourth-order valence-corrected chi connectivity index (χ4v) is 3.79. The van der Waals surface area contributed by atoms with Crippen molar-refractivity contribution >= 4 is 40.0 Å². The highest BCUT2D eigenvalue weighted by Gasteiger charge is 2.24. The highest BCUT2D eigenvalue weighted by Crippen LogP contribution is 2.33. The Bertz CT molecular complexity index is 652. The summed E-state index contributed by atoms with van der Waals surface area (Å²) < 4.78 is 5.74. The number of thioether (sulfide) groups is 1. The molecule has 1 amide bonds. The first-order chi connectivity index (χ1) is 10.6. The van der Waals surface area contributed by atoms with Gasteiger partial charge in [-0.05, 0) is 26.2 Å². The lowest BCUT2D eigenvalue weighted by Gasteiger charge is -2.10. The van der Waals surface area contributed by atoms with E-state index in [-0.39, 0.29) is 11.2 Å². The summed E-state index contributed by atoms with van der Waals surface area (Å²) in [5.41, 5.74) is 0. The van der Waals surface area contributed by atoms with Crippen LogP contribution in [-0.4, -0.2) is 32.6 Å². The third-order valence-electron chi connectivity index (χ3n) is 3.10. The summed E-state index contributed by atoms with van der Waals surface area (Å²) in [6.07, 6.45) is 3.08. The molecule has 0 spiro atoms. The summed E-state index contributed by atoms with van der Waals surface area (Å²) in [6, 6.07) is 2.24. The van der Waals surface area contributed by atoms with E-state index in [0.717, 1.165) is 9.47 Å². The molecule has 1 fully saturated rings. The third-order valence-corrected chi connectivity index (χ3v) is 5.40. The van der Waals surface area contributed by atoms with Gasteiger partial charge < -0.3 is 15.2 Å². The van der Waals surface area contributed by atoms with Crippen molar-refractivity contribution in [3.63, 3.8) is 0 Å². The predicted molar refractivity (Wildman–Crippen MR) is 86.4 cm³/mol. The molecule has 0 radical (unpaired) electrons. The van der Waals surface area contributed by atoms with Gasteiger partial charge in [0.05, 0.1) is 5.25 Å². The van der Waals surface area contributed by atoms with E-state index < -0.39 is 0 Å². The first-order valence-electron chi connectivity index (χ1n) is 7.15. The Kier molecular flexibility index (Phi) is 4.63. The molecule has 0 aliphatic heterocycles. The molecule has 0 unspecified atom stereocenters. The average Bonchev–Trinajstić information content (AvgIpc) is 3.04. The number of aromatic nitrogens is 3. The van der Waals surface area contributed by atoms with E-state index in [9.17, 15) is 4.79 Å². The van der Waals surface area contributed by atoms with Crippen LogP contribution in [0.5, 0.6) is 0 Å². The van der Waals surface area contributed by atoms with Crippen molar-refractivity contribution in [3.05, 3.63) is 11.8 Å². The quantitative estimate of drug-likeness (QED) is 0.749. The molecule has 3 rings (SSSR count). The van der Waals surface area contributed by atoms with E-state index in [1.165, 1.54) is 35.9 Å². The monoisotopic (exact) mass is 339 g/mol. The van der Waals surface area contributed by atoms with Crippen molar-refractivity contribution in [2.45, 2.75) is 48.7 Å². The van der Waals surface area contributed by atoms with Gasteiger partial charge in [-0.25, -0.2) is 0 Å². The van der Waals surface area contributed by atoms with Crippen LogP contribution in [0.3, 0.4) is 0 Å². The minimum absolute atomic E-state index is 0.104. The topological polar surface area (TPSA) is 92.9 Å². The van der Waals surface area contributed by atoms with Crippen LogP contribution < -0.4 is 10.6 Å². The highest BCUT2D eigenvalue weighted by molar-refractivity contribution is 8.02. The first-order valence-corrected chi connectivity index (χ1v) is 8.84. The molecule has 7 nitrogen and oxygen atoms in total. The Morgan fingerprint density at radius 1 is 1.55 bits per heavy atom. The molecular weight excluding hydrogens is 322 g/mol. The lowest BCUT2D eigenvalue weighted by molar-refractivity contribution is -0.115. The second-order valence-corrected chi connectivity index (χ2v) is 7.55. The molecular formula is C13H17N5O2S2. The van der Waals surface area contributed by atoms with Crippen LogP contribution in [0.25, 0.3) is 0 Å². The van der Waals surface area contributed by atoms with E-state index >= 15 is 0 Å². The molecule has 2 aromatic heterocycles. The van der Waals surface area contributed by atoms with Gasteiger partial charge >= 0.3 is 0 Å². The van der Waals surface area contributed by atoms with Crippen molar-refractivity contribution in [3.8, 4) is 0 Å². The Morgan fingerprint density at radius 2 is 2.36 bits per heavy atom. The Hall–Kier alpha value is -1.61. The number of hydrogen-bond donors (Lipinski definition) is 2. The molecule has 0 aromatic carbocycles. The highest BCUT2D eigenvalue weighted by atomic mass is 32.2. The fraction of sp³-hybridized carbons (Fsp3) is 0.538. The van der Waals surface area contributed by atoms with Gasteiger partial charge in [0.25, 0.3) is 0 Å². The second kappa shape index (κ2) is 6.66. The molecule has 0 saturated heterocycles. The van der Waals surface area contributed by atoms with E-state index in [0.29, 0.717) is 24.0 Å². The first kappa shape index (κ1) is 15.3. The SMILES string of the molecule is CC[C@@H](Sc1nnc(NC2CC2)s1)C(=O)Nc1cc(C)on1. The summed E-state index contributed by atoms with van der Waals surface area (Å²) in [4.78, 5) is 12.3. The normalized spacial score (nSPS) is 15.5. The number of anilines is 2. The molecule has 1 saturated carbocycles. The number of hydrogen-bond acceptors (Lipinski definition) is 8. The van der Waals surface area contributed by atoms with Crippen LogP contribution in [-0.2, 0) is 4.79 Å².